The molecule has 9 nitrogen and oxygen atoms in total. The molecule has 0 aromatic carbocycles. The largest absolute Gasteiger partial charge is 0.372 e. The van der Waals surface area contributed by atoms with Crippen molar-refractivity contribution in [1.82, 2.24) is 29.5 Å². The zero-order chi connectivity index (χ0) is 19.8. The second-order valence-corrected chi connectivity index (χ2v) is 7.90. The van der Waals surface area contributed by atoms with E-state index in [9.17, 15) is 4.79 Å². The maximum Gasteiger partial charge on any atom is 0.239 e. The van der Waals surface area contributed by atoms with Crippen molar-refractivity contribution in [3.05, 3.63) is 12.5 Å². The van der Waals surface area contributed by atoms with Gasteiger partial charge in [-0.25, -0.2) is 9.97 Å². The number of aryl methyl sites for hydroxylation is 1. The Hall–Kier alpha value is -2.26. The van der Waals surface area contributed by atoms with Crippen LogP contribution in [0.2, 0.25) is 0 Å². The Kier molecular flexibility index (Phi) is 5.20. The maximum absolute atomic E-state index is 13.0. The van der Waals surface area contributed by atoms with Crippen molar-refractivity contribution < 1.29 is 9.53 Å². The number of piperazine rings is 1. The highest BCUT2D eigenvalue weighted by Crippen LogP contribution is 2.24. The summed E-state index contributed by atoms with van der Waals surface area (Å²) in [5.74, 6) is 1.12. The van der Waals surface area contributed by atoms with E-state index in [1.54, 1.807) is 11.0 Å². The lowest BCUT2D eigenvalue weighted by atomic mass is 10.1. The molecule has 2 aromatic rings. The van der Waals surface area contributed by atoms with E-state index >= 15 is 0 Å². The lowest BCUT2D eigenvalue weighted by Gasteiger charge is -2.41. The Morgan fingerprint density at radius 3 is 2.50 bits per heavy atom. The number of fused-ring (bicyclic) bond motifs is 1. The van der Waals surface area contributed by atoms with Crippen molar-refractivity contribution in [2.24, 2.45) is 7.05 Å². The van der Waals surface area contributed by atoms with Gasteiger partial charge < -0.3 is 14.5 Å². The summed E-state index contributed by atoms with van der Waals surface area (Å²) in [6, 6.07) is -0.122. The zero-order valence-electron chi connectivity index (χ0n) is 17.1. The van der Waals surface area contributed by atoms with E-state index in [-0.39, 0.29) is 24.2 Å². The standard InChI is InChI=1S/C19H29N7O2/c1-13-10-26(11-14(2)28-13)19(27)15(3)24-5-7-25(8-6-24)18-16-9-22-23(4)17(16)20-12-21-18/h9,12-15H,5-8,10-11H2,1-4H3/t13-,14-,15+/m1/s1. The van der Waals surface area contributed by atoms with E-state index in [4.69, 9.17) is 4.74 Å². The summed E-state index contributed by atoms with van der Waals surface area (Å²) in [6.07, 6.45) is 3.61. The van der Waals surface area contributed by atoms with E-state index in [1.807, 2.05) is 38.9 Å². The minimum absolute atomic E-state index is 0.0939. The van der Waals surface area contributed by atoms with Crippen molar-refractivity contribution in [1.29, 1.82) is 0 Å². The molecule has 2 fully saturated rings. The lowest BCUT2D eigenvalue weighted by molar-refractivity contribution is -0.148. The van der Waals surface area contributed by atoms with Gasteiger partial charge in [-0.15, -0.1) is 0 Å². The SMILES string of the molecule is C[C@@H]1CN(C(=O)[C@H](C)N2CCN(c3ncnc4c3cnn4C)CC2)C[C@@H](C)O1. The Morgan fingerprint density at radius 1 is 1.14 bits per heavy atom. The number of hydrogen-bond donors (Lipinski definition) is 0. The molecule has 3 atom stereocenters. The molecule has 0 saturated carbocycles. The summed E-state index contributed by atoms with van der Waals surface area (Å²) < 4.78 is 7.52. The van der Waals surface area contributed by atoms with Gasteiger partial charge >= 0.3 is 0 Å². The fourth-order valence-electron chi connectivity index (χ4n) is 4.30. The number of rotatable bonds is 3. The number of carbonyl (C=O) groups excluding carboxylic acids is 1. The van der Waals surface area contributed by atoms with Crippen LogP contribution in [0.4, 0.5) is 5.82 Å². The quantitative estimate of drug-likeness (QED) is 0.759. The number of carbonyl (C=O) groups is 1. The van der Waals surface area contributed by atoms with Gasteiger partial charge in [0.1, 0.15) is 12.1 Å². The normalized spacial score (nSPS) is 25.3. The van der Waals surface area contributed by atoms with Gasteiger partial charge in [0.15, 0.2) is 5.65 Å². The average molecular weight is 387 g/mol. The van der Waals surface area contributed by atoms with Gasteiger partial charge in [0.2, 0.25) is 5.91 Å². The molecule has 0 spiro atoms. The summed E-state index contributed by atoms with van der Waals surface area (Å²) >= 11 is 0. The van der Waals surface area contributed by atoms with Crippen LogP contribution in [-0.4, -0.2) is 93.0 Å². The monoisotopic (exact) mass is 387 g/mol. The molecule has 28 heavy (non-hydrogen) atoms. The molecule has 0 N–H and O–H groups in total. The van der Waals surface area contributed by atoms with Crippen molar-refractivity contribution in [2.45, 2.75) is 39.0 Å². The predicted molar refractivity (Wildman–Crippen MR) is 106 cm³/mol. The highest BCUT2D eigenvalue weighted by molar-refractivity contribution is 5.86. The summed E-state index contributed by atoms with van der Waals surface area (Å²) in [5, 5.41) is 5.27. The minimum atomic E-state index is -0.122. The van der Waals surface area contributed by atoms with E-state index in [0.29, 0.717) is 13.1 Å². The number of nitrogens with zero attached hydrogens (tertiary/aromatic N) is 7. The van der Waals surface area contributed by atoms with Gasteiger partial charge in [0.25, 0.3) is 0 Å². The van der Waals surface area contributed by atoms with Crippen LogP contribution in [0.5, 0.6) is 0 Å². The molecule has 1 amide bonds. The molecule has 4 heterocycles. The first-order valence-corrected chi connectivity index (χ1v) is 10.00. The van der Waals surface area contributed by atoms with Gasteiger partial charge in [-0.2, -0.15) is 5.10 Å². The van der Waals surface area contributed by atoms with Gasteiger partial charge in [-0.1, -0.05) is 0 Å². The predicted octanol–water partition coefficient (Wildman–Crippen LogP) is 0.510. The average Bonchev–Trinajstić information content (AvgIpc) is 3.07. The van der Waals surface area contributed by atoms with Gasteiger partial charge in [0, 0.05) is 46.3 Å². The lowest BCUT2D eigenvalue weighted by Crippen LogP contribution is -2.57. The highest BCUT2D eigenvalue weighted by Gasteiger charge is 2.33. The van der Waals surface area contributed by atoms with Crippen molar-refractivity contribution in [3.8, 4) is 0 Å². The maximum atomic E-state index is 13.0. The first kappa shape index (κ1) is 19.1. The first-order chi connectivity index (χ1) is 13.4. The number of morpholine rings is 1. The van der Waals surface area contributed by atoms with Crippen LogP contribution < -0.4 is 4.90 Å². The molecule has 2 saturated heterocycles. The van der Waals surface area contributed by atoms with Crippen molar-refractivity contribution in [3.63, 3.8) is 0 Å². The summed E-state index contributed by atoms with van der Waals surface area (Å²) in [4.78, 5) is 28.3. The van der Waals surface area contributed by atoms with E-state index in [2.05, 4.69) is 24.9 Å². The smallest absolute Gasteiger partial charge is 0.239 e. The van der Waals surface area contributed by atoms with Crippen LogP contribution in [-0.2, 0) is 16.6 Å². The number of anilines is 1. The topological polar surface area (TPSA) is 79.6 Å². The number of aromatic nitrogens is 4. The fraction of sp³-hybridized carbons (Fsp3) is 0.684. The van der Waals surface area contributed by atoms with Crippen LogP contribution in [0.25, 0.3) is 11.0 Å². The van der Waals surface area contributed by atoms with Gasteiger partial charge in [0.05, 0.1) is 29.8 Å². The molecule has 152 valence electrons. The molecular weight excluding hydrogens is 358 g/mol. The molecule has 0 unspecified atom stereocenters. The number of ether oxygens (including phenoxy) is 1. The summed E-state index contributed by atoms with van der Waals surface area (Å²) in [5.41, 5.74) is 0.839. The number of hydrogen-bond acceptors (Lipinski definition) is 7. The second-order valence-electron chi connectivity index (χ2n) is 7.90. The molecule has 0 bridgehead atoms. The fourth-order valence-corrected chi connectivity index (χ4v) is 4.30. The summed E-state index contributed by atoms with van der Waals surface area (Å²) in [7, 11) is 1.89. The van der Waals surface area contributed by atoms with Crippen LogP contribution in [0.15, 0.2) is 12.5 Å². The number of amides is 1. The molecule has 0 radical (unpaired) electrons. The first-order valence-electron chi connectivity index (χ1n) is 10.00. The molecule has 4 rings (SSSR count). The Balaban J connectivity index is 1.40. The van der Waals surface area contributed by atoms with E-state index in [1.165, 1.54) is 0 Å². The van der Waals surface area contributed by atoms with Gasteiger partial charge in [-0.3, -0.25) is 14.4 Å². The molecule has 0 aliphatic carbocycles. The molecule has 2 aromatic heterocycles. The van der Waals surface area contributed by atoms with Crippen LogP contribution in [0.3, 0.4) is 0 Å². The highest BCUT2D eigenvalue weighted by atomic mass is 16.5. The van der Waals surface area contributed by atoms with Crippen LogP contribution in [0, 0.1) is 0 Å². The van der Waals surface area contributed by atoms with Gasteiger partial charge in [-0.05, 0) is 20.8 Å². The second kappa shape index (κ2) is 7.63. The minimum Gasteiger partial charge on any atom is -0.372 e. The molecular formula is C19H29N7O2. The van der Waals surface area contributed by atoms with E-state index < -0.39 is 0 Å². The van der Waals surface area contributed by atoms with Crippen LogP contribution in [0.1, 0.15) is 20.8 Å². The summed E-state index contributed by atoms with van der Waals surface area (Å²) in [6.45, 7) is 10.7. The molecule has 2 aliphatic rings. The Bertz CT molecular complexity index is 836. The van der Waals surface area contributed by atoms with Crippen LogP contribution >= 0.6 is 0 Å². The van der Waals surface area contributed by atoms with Crippen molar-refractivity contribution >= 4 is 22.8 Å². The third kappa shape index (κ3) is 3.56. The molecule has 9 heteroatoms. The Labute approximate surface area is 165 Å². The molecule has 2 aliphatic heterocycles. The third-order valence-corrected chi connectivity index (χ3v) is 5.76. The zero-order valence-corrected chi connectivity index (χ0v) is 17.1. The van der Waals surface area contributed by atoms with Crippen molar-refractivity contribution in [2.75, 3.05) is 44.2 Å². The Morgan fingerprint density at radius 2 is 1.82 bits per heavy atom. The third-order valence-electron chi connectivity index (χ3n) is 5.76. The van der Waals surface area contributed by atoms with E-state index in [0.717, 1.165) is 43.0 Å².